The second-order valence-electron chi connectivity index (χ2n) is 3.14. The van der Waals surface area contributed by atoms with Crippen LogP contribution in [0.25, 0.3) is 0 Å². The molecule has 0 aromatic heterocycles. The number of hydrazine groups is 1. The second kappa shape index (κ2) is 1.68. The Balaban J connectivity index is 1.96. The van der Waals surface area contributed by atoms with Gasteiger partial charge in [0.1, 0.15) is 0 Å². The van der Waals surface area contributed by atoms with E-state index in [0.29, 0.717) is 11.7 Å². The fourth-order valence-corrected chi connectivity index (χ4v) is 1.54. The van der Waals surface area contributed by atoms with Gasteiger partial charge in [0.15, 0.2) is 0 Å². The summed E-state index contributed by atoms with van der Waals surface area (Å²) in [6, 6.07) is 0.668. The van der Waals surface area contributed by atoms with Crippen molar-refractivity contribution in [3.8, 4) is 0 Å². The first-order valence-corrected chi connectivity index (χ1v) is 3.58. The summed E-state index contributed by atoms with van der Waals surface area (Å²) in [7, 11) is 0. The predicted molar refractivity (Wildman–Crippen MR) is 35.7 cm³/mol. The van der Waals surface area contributed by atoms with Crippen molar-refractivity contribution in [3.05, 3.63) is 0 Å². The summed E-state index contributed by atoms with van der Waals surface area (Å²) in [6.45, 7) is 3.36. The summed E-state index contributed by atoms with van der Waals surface area (Å²) in [4.78, 5) is 0. The molecule has 0 unspecified atom stereocenters. The van der Waals surface area contributed by atoms with Gasteiger partial charge >= 0.3 is 0 Å². The molecule has 2 heterocycles. The lowest BCUT2D eigenvalue weighted by atomic mass is 9.98. The fourth-order valence-electron chi connectivity index (χ4n) is 1.54. The molecule has 3 nitrogen and oxygen atoms in total. The van der Waals surface area contributed by atoms with Crippen LogP contribution in [-0.2, 0) is 0 Å². The molecule has 0 aromatic rings. The molecule has 0 bridgehead atoms. The maximum absolute atomic E-state index is 3.40. The van der Waals surface area contributed by atoms with E-state index in [-0.39, 0.29) is 0 Å². The van der Waals surface area contributed by atoms with Gasteiger partial charge < -0.3 is 5.32 Å². The molecule has 3 N–H and O–H groups in total. The summed E-state index contributed by atoms with van der Waals surface area (Å²) >= 11 is 0. The van der Waals surface area contributed by atoms with E-state index < -0.39 is 0 Å². The minimum absolute atomic E-state index is 0.338. The Kier molecular flexibility index (Phi) is 1.06. The molecule has 0 aliphatic carbocycles. The average molecular weight is 127 g/mol. The number of hydrogen-bond acceptors (Lipinski definition) is 3. The van der Waals surface area contributed by atoms with Gasteiger partial charge in [0.05, 0.1) is 5.66 Å². The van der Waals surface area contributed by atoms with Gasteiger partial charge in [-0.1, -0.05) is 0 Å². The Morgan fingerprint density at radius 2 is 2.22 bits per heavy atom. The molecule has 2 aliphatic rings. The third-order valence-electron chi connectivity index (χ3n) is 2.18. The van der Waals surface area contributed by atoms with Gasteiger partial charge in [0.2, 0.25) is 0 Å². The zero-order valence-corrected chi connectivity index (χ0v) is 5.70. The van der Waals surface area contributed by atoms with Crippen molar-refractivity contribution in [1.82, 2.24) is 16.2 Å². The smallest absolute Gasteiger partial charge is 0.0970 e. The zero-order valence-electron chi connectivity index (χ0n) is 5.70. The maximum Gasteiger partial charge on any atom is 0.0970 e. The van der Waals surface area contributed by atoms with Crippen LogP contribution in [0.15, 0.2) is 0 Å². The first kappa shape index (κ1) is 5.65. The molecule has 3 heteroatoms. The van der Waals surface area contributed by atoms with Crippen LogP contribution in [0.3, 0.4) is 0 Å². The van der Waals surface area contributed by atoms with Gasteiger partial charge in [0, 0.05) is 6.04 Å². The highest BCUT2D eigenvalue weighted by atomic mass is 15.7. The molecule has 0 aromatic carbocycles. The van der Waals surface area contributed by atoms with Crippen LogP contribution in [0.5, 0.6) is 0 Å². The van der Waals surface area contributed by atoms with Crippen molar-refractivity contribution in [2.75, 3.05) is 6.54 Å². The Bertz CT molecular complexity index is 119. The number of rotatable bonds is 0. The molecule has 1 spiro atoms. The van der Waals surface area contributed by atoms with E-state index >= 15 is 0 Å². The highest BCUT2D eigenvalue weighted by molar-refractivity contribution is 4.99. The predicted octanol–water partition coefficient (Wildman–Crippen LogP) is -0.438. The van der Waals surface area contributed by atoms with Crippen LogP contribution >= 0.6 is 0 Å². The molecule has 0 saturated carbocycles. The van der Waals surface area contributed by atoms with E-state index in [4.69, 9.17) is 0 Å². The van der Waals surface area contributed by atoms with Crippen LogP contribution in [0.1, 0.15) is 19.8 Å². The van der Waals surface area contributed by atoms with Gasteiger partial charge in [-0.2, -0.15) is 0 Å². The Hall–Kier alpha value is -0.120. The molecular formula is C6H13N3. The van der Waals surface area contributed by atoms with Gasteiger partial charge in [0.25, 0.3) is 0 Å². The Morgan fingerprint density at radius 1 is 1.44 bits per heavy atom. The monoisotopic (exact) mass is 127 g/mol. The Labute approximate surface area is 55.2 Å². The van der Waals surface area contributed by atoms with Crippen molar-refractivity contribution >= 4 is 0 Å². The minimum atomic E-state index is 0.338. The third kappa shape index (κ3) is 0.956. The molecule has 2 aliphatic heterocycles. The van der Waals surface area contributed by atoms with Crippen molar-refractivity contribution in [2.24, 2.45) is 0 Å². The van der Waals surface area contributed by atoms with Crippen LogP contribution in [0.4, 0.5) is 0 Å². The largest absolute Gasteiger partial charge is 0.314 e. The summed E-state index contributed by atoms with van der Waals surface area (Å²) in [5.41, 5.74) is 6.72. The topological polar surface area (TPSA) is 55.9 Å². The van der Waals surface area contributed by atoms with Gasteiger partial charge in [-0.15, -0.1) is 0 Å². The van der Waals surface area contributed by atoms with E-state index in [1.165, 1.54) is 12.8 Å². The van der Waals surface area contributed by atoms with E-state index in [1.54, 1.807) is 0 Å². The first-order valence-electron chi connectivity index (χ1n) is 3.58. The van der Waals surface area contributed by atoms with Crippen LogP contribution < -0.4 is 16.2 Å². The van der Waals surface area contributed by atoms with Gasteiger partial charge in [-0.25, -0.2) is 10.9 Å². The van der Waals surface area contributed by atoms with Crippen molar-refractivity contribution < 1.29 is 0 Å². The number of hydrogen-bond donors (Lipinski definition) is 3. The van der Waals surface area contributed by atoms with Crippen molar-refractivity contribution in [2.45, 2.75) is 31.5 Å². The second-order valence-corrected chi connectivity index (χ2v) is 3.14. The molecule has 9 heavy (non-hydrogen) atoms. The third-order valence-corrected chi connectivity index (χ3v) is 2.18. The lowest BCUT2D eigenvalue weighted by Crippen LogP contribution is -2.42. The van der Waals surface area contributed by atoms with E-state index in [0.717, 1.165) is 6.54 Å². The molecule has 2 saturated heterocycles. The molecule has 2 fully saturated rings. The quantitative estimate of drug-likeness (QED) is 0.387. The minimum Gasteiger partial charge on any atom is -0.314 e. The standard InChI is InChI=1S/C6H13N3/c1-5-4-6(8-9-6)2-3-7-5/h5,7-9H,2-4H2,1H3/t5-/m0/s1. The SMILES string of the molecule is C[C@H]1CC2(CCN1)NN2. The molecule has 2 rings (SSSR count). The van der Waals surface area contributed by atoms with Crippen LogP contribution in [-0.4, -0.2) is 18.2 Å². The molecule has 0 radical (unpaired) electrons. The van der Waals surface area contributed by atoms with Crippen molar-refractivity contribution in [1.29, 1.82) is 0 Å². The highest BCUT2D eigenvalue weighted by Crippen LogP contribution is 2.24. The molecular weight excluding hydrogens is 114 g/mol. The van der Waals surface area contributed by atoms with Crippen LogP contribution in [0, 0.1) is 0 Å². The summed E-state index contributed by atoms with van der Waals surface area (Å²) in [5.74, 6) is 0. The fraction of sp³-hybridized carbons (Fsp3) is 1.00. The van der Waals surface area contributed by atoms with Gasteiger partial charge in [-0.05, 0) is 26.3 Å². The molecule has 1 atom stereocenters. The summed E-state index contributed by atoms with van der Waals surface area (Å²) in [5, 5.41) is 3.40. The van der Waals surface area contributed by atoms with Crippen LogP contribution in [0.2, 0.25) is 0 Å². The molecule has 52 valence electrons. The van der Waals surface area contributed by atoms with Crippen molar-refractivity contribution in [3.63, 3.8) is 0 Å². The summed E-state index contributed by atoms with van der Waals surface area (Å²) in [6.07, 6.45) is 2.43. The highest BCUT2D eigenvalue weighted by Gasteiger charge is 2.44. The average Bonchev–Trinajstić information content (AvgIpc) is 2.49. The summed E-state index contributed by atoms with van der Waals surface area (Å²) < 4.78 is 0. The number of nitrogens with one attached hydrogen (secondary N) is 3. The lowest BCUT2D eigenvalue weighted by Gasteiger charge is -2.24. The van der Waals surface area contributed by atoms with E-state index in [1.807, 2.05) is 0 Å². The zero-order chi connectivity index (χ0) is 6.32. The van der Waals surface area contributed by atoms with Gasteiger partial charge in [-0.3, -0.25) is 0 Å². The maximum atomic E-state index is 3.40. The first-order chi connectivity index (χ1) is 4.31. The molecule has 0 amide bonds. The van der Waals surface area contributed by atoms with E-state index in [2.05, 4.69) is 23.1 Å². The van der Waals surface area contributed by atoms with E-state index in [9.17, 15) is 0 Å². The Morgan fingerprint density at radius 3 is 2.67 bits per heavy atom. The number of piperidine rings is 1. The lowest BCUT2D eigenvalue weighted by molar-refractivity contribution is 0.347. The normalized spacial score (nSPS) is 39.0.